The van der Waals surface area contributed by atoms with Crippen LogP contribution >= 0.6 is 24.8 Å². The number of nitrogens with one attached hydrogen (secondary N) is 1. The number of halogens is 2. The molecule has 0 bridgehead atoms. The molecule has 1 N–H and O–H groups in total. The Bertz CT molecular complexity index is 322. The first-order valence-electron chi connectivity index (χ1n) is 4.98. The third-order valence-corrected chi connectivity index (χ3v) is 2.04. The van der Waals surface area contributed by atoms with E-state index in [2.05, 4.69) is 24.1 Å². The molecule has 0 aliphatic rings. The molecule has 0 aromatic carbocycles. The summed E-state index contributed by atoms with van der Waals surface area (Å²) < 4.78 is 10.5. The highest BCUT2D eigenvalue weighted by Crippen LogP contribution is 2.28. The van der Waals surface area contributed by atoms with Crippen molar-refractivity contribution in [3.63, 3.8) is 0 Å². The molecular formula is C11H20Cl2N2O2. The van der Waals surface area contributed by atoms with Crippen molar-refractivity contribution in [1.82, 2.24) is 10.3 Å². The summed E-state index contributed by atoms with van der Waals surface area (Å²) in [5, 5.41) is 3.29. The highest BCUT2D eigenvalue weighted by atomic mass is 35.5. The zero-order chi connectivity index (χ0) is 11.3. The molecule has 0 amide bonds. The second-order valence-corrected chi connectivity index (χ2v) is 3.53. The Labute approximate surface area is 115 Å². The maximum absolute atomic E-state index is 5.27. The number of nitrogens with zero attached hydrogens (tertiary/aromatic N) is 1. The van der Waals surface area contributed by atoms with Gasteiger partial charge in [-0.05, 0) is 0 Å². The standard InChI is InChI=1S/C11H18N2O2.2ClH/c1-8(2)13-7-9-11(15-4)10(14-3)5-6-12-9;;/h5-6,8,13H,7H2,1-4H3;2*1H. The Balaban J connectivity index is 0. The van der Waals surface area contributed by atoms with Crippen LogP contribution in [0.25, 0.3) is 0 Å². The molecule has 0 unspecified atom stereocenters. The van der Waals surface area contributed by atoms with Gasteiger partial charge in [0.25, 0.3) is 0 Å². The van der Waals surface area contributed by atoms with Crippen molar-refractivity contribution in [2.24, 2.45) is 0 Å². The predicted molar refractivity (Wildman–Crippen MR) is 73.8 cm³/mol. The zero-order valence-corrected chi connectivity index (χ0v) is 12.2. The topological polar surface area (TPSA) is 43.4 Å². The number of hydrogen-bond acceptors (Lipinski definition) is 4. The molecule has 0 saturated carbocycles. The van der Waals surface area contributed by atoms with Gasteiger partial charge >= 0.3 is 0 Å². The molecule has 6 heteroatoms. The van der Waals surface area contributed by atoms with Crippen LogP contribution in [0.2, 0.25) is 0 Å². The smallest absolute Gasteiger partial charge is 0.183 e. The zero-order valence-electron chi connectivity index (χ0n) is 10.5. The summed E-state index contributed by atoms with van der Waals surface area (Å²) >= 11 is 0. The van der Waals surface area contributed by atoms with Crippen molar-refractivity contribution >= 4 is 24.8 Å². The minimum atomic E-state index is 0. The molecule has 0 saturated heterocycles. The van der Waals surface area contributed by atoms with Gasteiger partial charge in [-0.1, -0.05) is 13.8 Å². The van der Waals surface area contributed by atoms with Gasteiger partial charge in [0, 0.05) is 24.8 Å². The van der Waals surface area contributed by atoms with Gasteiger partial charge in [0.1, 0.15) is 0 Å². The van der Waals surface area contributed by atoms with Crippen molar-refractivity contribution < 1.29 is 9.47 Å². The first-order chi connectivity index (χ1) is 7.19. The summed E-state index contributed by atoms with van der Waals surface area (Å²) in [6.07, 6.45) is 1.72. The second kappa shape index (κ2) is 9.33. The lowest BCUT2D eigenvalue weighted by Crippen LogP contribution is -2.22. The van der Waals surface area contributed by atoms with E-state index in [0.29, 0.717) is 24.1 Å². The molecule has 0 spiro atoms. The average Bonchev–Trinajstić information content (AvgIpc) is 2.25. The quantitative estimate of drug-likeness (QED) is 0.901. The fraction of sp³-hybridized carbons (Fsp3) is 0.545. The summed E-state index contributed by atoms with van der Waals surface area (Å²) in [6.45, 7) is 4.86. The number of hydrogen-bond donors (Lipinski definition) is 1. The first kappa shape index (κ1) is 18.6. The van der Waals surface area contributed by atoms with Crippen LogP contribution in [0.1, 0.15) is 19.5 Å². The monoisotopic (exact) mass is 282 g/mol. The Kier molecular flexibility index (Phi) is 10.2. The maximum atomic E-state index is 5.27. The third kappa shape index (κ3) is 5.44. The molecule has 0 fully saturated rings. The molecule has 1 heterocycles. The van der Waals surface area contributed by atoms with Crippen LogP contribution in [-0.2, 0) is 6.54 Å². The molecule has 1 rings (SSSR count). The summed E-state index contributed by atoms with van der Waals surface area (Å²) in [4.78, 5) is 4.26. The van der Waals surface area contributed by atoms with Gasteiger partial charge in [-0.3, -0.25) is 4.98 Å². The Morgan fingerprint density at radius 3 is 2.35 bits per heavy atom. The number of ether oxygens (including phenoxy) is 2. The van der Waals surface area contributed by atoms with E-state index >= 15 is 0 Å². The summed E-state index contributed by atoms with van der Waals surface area (Å²) in [7, 11) is 3.25. The molecule has 0 radical (unpaired) electrons. The van der Waals surface area contributed by atoms with Crippen LogP contribution in [0.5, 0.6) is 11.5 Å². The van der Waals surface area contributed by atoms with Crippen molar-refractivity contribution in [3.05, 3.63) is 18.0 Å². The molecule has 1 aromatic rings. The molecule has 0 aliphatic heterocycles. The predicted octanol–water partition coefficient (Wildman–Crippen LogP) is 2.44. The summed E-state index contributed by atoms with van der Waals surface area (Å²) in [5.74, 6) is 1.42. The lowest BCUT2D eigenvalue weighted by Gasteiger charge is -2.13. The van der Waals surface area contributed by atoms with E-state index in [-0.39, 0.29) is 24.8 Å². The lowest BCUT2D eigenvalue weighted by atomic mass is 10.3. The van der Waals surface area contributed by atoms with Crippen molar-refractivity contribution in [1.29, 1.82) is 0 Å². The Hall–Kier alpha value is -0.710. The van der Waals surface area contributed by atoms with Gasteiger partial charge in [-0.25, -0.2) is 0 Å². The minimum Gasteiger partial charge on any atom is -0.493 e. The van der Waals surface area contributed by atoms with E-state index in [9.17, 15) is 0 Å². The van der Waals surface area contributed by atoms with E-state index in [1.807, 2.05) is 0 Å². The molecule has 0 atom stereocenters. The molecule has 100 valence electrons. The van der Waals surface area contributed by atoms with Crippen molar-refractivity contribution in [2.45, 2.75) is 26.4 Å². The van der Waals surface area contributed by atoms with Gasteiger partial charge in [0.2, 0.25) is 0 Å². The molecule has 1 aromatic heterocycles. The Morgan fingerprint density at radius 1 is 1.24 bits per heavy atom. The highest BCUT2D eigenvalue weighted by molar-refractivity contribution is 5.85. The molecule has 17 heavy (non-hydrogen) atoms. The average molecular weight is 283 g/mol. The molecule has 4 nitrogen and oxygen atoms in total. The molecular weight excluding hydrogens is 263 g/mol. The van der Waals surface area contributed by atoms with E-state index in [1.54, 1.807) is 26.5 Å². The van der Waals surface area contributed by atoms with Crippen LogP contribution in [0.3, 0.4) is 0 Å². The van der Waals surface area contributed by atoms with E-state index in [4.69, 9.17) is 9.47 Å². The van der Waals surface area contributed by atoms with Crippen LogP contribution < -0.4 is 14.8 Å². The van der Waals surface area contributed by atoms with E-state index < -0.39 is 0 Å². The number of rotatable bonds is 5. The van der Waals surface area contributed by atoms with Gasteiger partial charge in [0.15, 0.2) is 11.5 Å². The van der Waals surface area contributed by atoms with E-state index in [0.717, 1.165) is 5.69 Å². The summed E-state index contributed by atoms with van der Waals surface area (Å²) in [5.41, 5.74) is 0.866. The fourth-order valence-electron chi connectivity index (χ4n) is 1.28. The van der Waals surface area contributed by atoms with Gasteiger partial charge in [0.05, 0.1) is 19.9 Å². The van der Waals surface area contributed by atoms with Crippen LogP contribution in [0.15, 0.2) is 12.3 Å². The van der Waals surface area contributed by atoms with Crippen molar-refractivity contribution in [2.75, 3.05) is 14.2 Å². The van der Waals surface area contributed by atoms with Gasteiger partial charge in [-0.2, -0.15) is 0 Å². The SMILES string of the molecule is COc1ccnc(CNC(C)C)c1OC.Cl.Cl. The number of pyridine rings is 1. The first-order valence-corrected chi connectivity index (χ1v) is 4.98. The van der Waals surface area contributed by atoms with Crippen LogP contribution in [0, 0.1) is 0 Å². The lowest BCUT2D eigenvalue weighted by molar-refractivity contribution is 0.347. The van der Waals surface area contributed by atoms with Gasteiger partial charge < -0.3 is 14.8 Å². The normalized spacial score (nSPS) is 9.24. The van der Waals surface area contributed by atoms with E-state index in [1.165, 1.54) is 0 Å². The third-order valence-electron chi connectivity index (χ3n) is 2.04. The molecule has 0 aliphatic carbocycles. The highest BCUT2D eigenvalue weighted by Gasteiger charge is 2.10. The maximum Gasteiger partial charge on any atom is 0.183 e. The van der Waals surface area contributed by atoms with Crippen LogP contribution in [0.4, 0.5) is 0 Å². The Morgan fingerprint density at radius 2 is 1.88 bits per heavy atom. The van der Waals surface area contributed by atoms with Crippen LogP contribution in [-0.4, -0.2) is 25.2 Å². The second-order valence-electron chi connectivity index (χ2n) is 3.53. The number of aromatic nitrogens is 1. The fourth-order valence-corrected chi connectivity index (χ4v) is 1.28. The van der Waals surface area contributed by atoms with Gasteiger partial charge in [-0.15, -0.1) is 24.8 Å². The summed E-state index contributed by atoms with van der Waals surface area (Å²) in [6, 6.07) is 2.21. The largest absolute Gasteiger partial charge is 0.493 e. The van der Waals surface area contributed by atoms with Crippen molar-refractivity contribution in [3.8, 4) is 11.5 Å². The number of methoxy groups -OCH3 is 2. The minimum absolute atomic E-state index is 0.